The molecule has 0 saturated heterocycles. The number of hydrogen-bond acceptors (Lipinski definition) is 8. The van der Waals surface area contributed by atoms with E-state index < -0.39 is 5.97 Å². The number of benzene rings is 3. The molecule has 3 aromatic carbocycles. The number of rotatable bonds is 14. The number of amides is 1. The van der Waals surface area contributed by atoms with Crippen LogP contribution in [0.1, 0.15) is 149 Å². The third kappa shape index (κ3) is 14.1. The molecule has 1 amide bonds. The lowest BCUT2D eigenvalue weighted by Crippen LogP contribution is -2.28. The number of nitrogens with zero attached hydrogens (tertiary/aromatic N) is 9. The summed E-state index contributed by atoms with van der Waals surface area (Å²) in [6.45, 7) is 19.7. The Morgan fingerprint density at radius 3 is 1.47 bits per heavy atom. The number of halogens is 4. The molecule has 7 aromatic rings. The summed E-state index contributed by atoms with van der Waals surface area (Å²) in [6.07, 6.45) is 16.5. The van der Waals surface area contributed by atoms with E-state index in [9.17, 15) is 18.2 Å². The molecule has 432 valence electrons. The summed E-state index contributed by atoms with van der Waals surface area (Å²) in [5.41, 5.74) is 21.9. The van der Waals surface area contributed by atoms with Crippen molar-refractivity contribution in [1.29, 1.82) is 0 Å². The van der Waals surface area contributed by atoms with Crippen molar-refractivity contribution in [2.24, 2.45) is 0 Å². The molecular formula is C65H67B2F4N11O3+2. The number of aromatic amines is 2. The number of allylic oxidation sites excluding steroid dienone is 4. The average Bonchev–Trinajstić information content (AvgIpc) is 2.11. The van der Waals surface area contributed by atoms with Gasteiger partial charge < -0.3 is 20.0 Å². The standard InChI is InChI=1S/C26H26BFN4.C24H24BFN6.C15H15NO3.2FH/c1-16-14-19(4)29-25(16)24(26-17(2)15-20(5)32(26)27-28)22-10-7-21(8-11-22)9-13-23-12-6-18(3)30-31-23;1-14-12-16(3)27-23(14)22(24-15(2)13-17(4)32(24)25-26)20-9-6-19(7-10-20)8-11-21-30-28-18(5)29-31-21;17-14(6-3-7-15(18)19)16-12-8-9-13(16)11-5-2-1-4-10(11)12;;/h6-15,29H,1-5H3;6-13,27H,1-5H3;1-2,4-5,8-9,12-13H,3,6-7H2,(H,18,19);2*1H/q2*+1;;;. The zero-order valence-electron chi connectivity index (χ0n) is 49.1. The molecule has 8 heterocycles. The minimum atomic E-state index is -0.849. The molecule has 2 atom stereocenters. The van der Waals surface area contributed by atoms with E-state index in [1.54, 1.807) is 22.0 Å². The lowest BCUT2D eigenvalue weighted by Gasteiger charge is -2.22. The highest BCUT2D eigenvalue weighted by Gasteiger charge is 2.42. The zero-order valence-corrected chi connectivity index (χ0v) is 49.1. The van der Waals surface area contributed by atoms with Crippen LogP contribution in [0.3, 0.4) is 0 Å². The molecule has 3 N–H and O–H groups in total. The maximum atomic E-state index is 13.9. The van der Waals surface area contributed by atoms with Crippen LogP contribution >= 0.6 is 0 Å². The van der Waals surface area contributed by atoms with Crippen LogP contribution in [0.25, 0.3) is 35.5 Å². The van der Waals surface area contributed by atoms with Crippen LogP contribution in [0.5, 0.6) is 0 Å². The largest absolute Gasteiger partial charge is 0.792 e. The highest BCUT2D eigenvalue weighted by Crippen LogP contribution is 2.48. The molecule has 14 nitrogen and oxygen atoms in total. The van der Waals surface area contributed by atoms with E-state index in [2.05, 4.69) is 115 Å². The lowest BCUT2D eigenvalue weighted by atomic mass is 9.94. The molecule has 0 spiro atoms. The Morgan fingerprint density at radius 2 is 1.06 bits per heavy atom. The Balaban J connectivity index is 0.000000186. The van der Waals surface area contributed by atoms with E-state index in [0.29, 0.717) is 39.9 Å². The van der Waals surface area contributed by atoms with Crippen LogP contribution in [0.2, 0.25) is 0 Å². The van der Waals surface area contributed by atoms with Crippen molar-refractivity contribution in [3.8, 4) is 0 Å². The Bertz CT molecular complexity index is 3680. The van der Waals surface area contributed by atoms with Gasteiger partial charge in [-0.25, -0.2) is 17.6 Å². The number of carboxylic acid groups (broad SMARTS) is 1. The Labute approximate surface area is 494 Å². The quantitative estimate of drug-likeness (QED) is 0.0544. The van der Waals surface area contributed by atoms with Crippen molar-refractivity contribution in [3.63, 3.8) is 0 Å². The first-order valence-electron chi connectivity index (χ1n) is 27.5. The second-order valence-corrected chi connectivity index (χ2v) is 21.1. The van der Waals surface area contributed by atoms with Gasteiger partial charge in [-0.1, -0.05) is 97.1 Å². The average molecular weight is 1150 g/mol. The van der Waals surface area contributed by atoms with Gasteiger partial charge in [0.2, 0.25) is 5.91 Å². The zero-order chi connectivity index (χ0) is 59.1. The van der Waals surface area contributed by atoms with E-state index in [1.165, 1.54) is 11.1 Å². The van der Waals surface area contributed by atoms with Crippen molar-refractivity contribution in [3.05, 3.63) is 234 Å². The predicted molar refractivity (Wildman–Crippen MR) is 330 cm³/mol. The molecule has 4 aliphatic heterocycles. The smallest absolute Gasteiger partial charge is 0.481 e. The summed E-state index contributed by atoms with van der Waals surface area (Å²) in [4.78, 5) is 31.5. The number of carbonyl (C=O) groups is 2. The first-order chi connectivity index (χ1) is 39.9. The normalized spacial score (nSPS) is 16.7. The third-order valence-electron chi connectivity index (χ3n) is 14.8. The van der Waals surface area contributed by atoms with Crippen LogP contribution in [-0.2, 0) is 9.59 Å². The second-order valence-electron chi connectivity index (χ2n) is 21.1. The molecule has 2 bridgehead atoms. The first-order valence-corrected chi connectivity index (χ1v) is 27.5. The van der Waals surface area contributed by atoms with Crippen molar-refractivity contribution in [1.82, 2.24) is 45.5 Å². The number of aromatic nitrogens is 8. The number of fused-ring (bicyclic) bond motifs is 5. The number of carboxylic acids is 1. The van der Waals surface area contributed by atoms with Gasteiger partial charge in [0, 0.05) is 61.4 Å². The van der Waals surface area contributed by atoms with Gasteiger partial charge in [0.15, 0.2) is 34.5 Å². The minimum Gasteiger partial charge on any atom is -0.481 e. The van der Waals surface area contributed by atoms with E-state index in [0.717, 1.165) is 113 Å². The molecule has 20 heteroatoms. The van der Waals surface area contributed by atoms with Crippen LogP contribution < -0.4 is 0 Å². The monoisotopic (exact) mass is 1150 g/mol. The molecule has 85 heavy (non-hydrogen) atoms. The summed E-state index contributed by atoms with van der Waals surface area (Å²) in [5.74, 6) is 0.174. The van der Waals surface area contributed by atoms with E-state index in [-0.39, 0.29) is 33.8 Å². The maximum absolute atomic E-state index is 13.9. The Morgan fingerprint density at radius 1 is 0.588 bits per heavy atom. The first kappa shape index (κ1) is 63.1. The molecule has 0 saturated carbocycles. The number of hydrogen-bond donors (Lipinski definition) is 3. The fraction of sp³-hybridized carbons (Fsp3) is 0.231. The van der Waals surface area contributed by atoms with Crippen LogP contribution in [-0.4, -0.2) is 98.2 Å². The fourth-order valence-electron chi connectivity index (χ4n) is 11.0. The van der Waals surface area contributed by atoms with Gasteiger partial charge in [0.25, 0.3) is 0 Å². The Kier molecular flexibility index (Phi) is 20.6. The molecule has 2 unspecified atom stereocenters. The molecule has 0 fully saturated rings. The van der Waals surface area contributed by atoms with Crippen molar-refractivity contribution in [2.75, 3.05) is 0 Å². The van der Waals surface area contributed by atoms with Gasteiger partial charge in [-0.05, 0) is 143 Å². The van der Waals surface area contributed by atoms with Crippen LogP contribution in [0.4, 0.5) is 18.0 Å². The number of aryl methyl sites for hydroxylation is 6. The van der Waals surface area contributed by atoms with Gasteiger partial charge in [-0.3, -0.25) is 19.0 Å². The summed E-state index contributed by atoms with van der Waals surface area (Å²) in [5, 5.41) is 32.7. The predicted octanol–water partition coefficient (Wildman–Crippen LogP) is 12.7. The van der Waals surface area contributed by atoms with Crippen molar-refractivity contribution in [2.45, 2.75) is 101 Å². The van der Waals surface area contributed by atoms with E-state index in [1.807, 2.05) is 132 Å². The van der Waals surface area contributed by atoms with Gasteiger partial charge >= 0.3 is 21.4 Å². The number of carbonyl (C=O) groups excluding carboxylic acids is 1. The highest BCUT2D eigenvalue weighted by molar-refractivity contribution is 6.20. The second kappa shape index (κ2) is 27.8. The maximum Gasteiger partial charge on any atom is 0.792 e. The topological polar surface area (TPSA) is 173 Å². The Hall–Kier alpha value is -9.45. The van der Waals surface area contributed by atoms with Crippen LogP contribution in [0, 0.1) is 41.5 Å². The van der Waals surface area contributed by atoms with Crippen molar-refractivity contribution < 1.29 is 41.7 Å². The third-order valence-corrected chi connectivity index (χ3v) is 14.8. The minimum absolute atomic E-state index is 0. The van der Waals surface area contributed by atoms with E-state index >= 15 is 0 Å². The van der Waals surface area contributed by atoms with Gasteiger partial charge in [-0.2, -0.15) is 10.2 Å². The number of nitrogens with one attached hydrogen (secondary N) is 2. The molecular weight excluding hydrogens is 1080 g/mol. The molecule has 4 aromatic heterocycles. The summed E-state index contributed by atoms with van der Waals surface area (Å²) < 4.78 is 31.0. The van der Waals surface area contributed by atoms with Gasteiger partial charge in [-0.15, -0.1) is 20.4 Å². The number of H-pyrrole nitrogens is 2. The SMILES string of the molecule is CC1=CC(C)=[N+]([B]F)/C1=C(/c1ccc(/C=C/c2ccc(C)nn2)cc1)c1[nH]c(C)cc1C.CC1=CC(C)=[N+]([B]F)/C1=C(/c1ccc(/C=C/c2nnc(C)nn2)cc1)c1[nH]c(C)cc1C.F.F.O=C(O)CCCC(=O)N1C2C=CC1c1ccccc12. The number of aliphatic carboxylic acids is 1. The molecule has 0 aliphatic carbocycles. The molecule has 4 aliphatic rings. The van der Waals surface area contributed by atoms with Gasteiger partial charge in [0.05, 0.1) is 46.0 Å². The van der Waals surface area contributed by atoms with E-state index in [4.69, 9.17) is 5.11 Å². The highest BCUT2D eigenvalue weighted by atomic mass is 19.1. The summed E-state index contributed by atoms with van der Waals surface area (Å²) >= 11 is 0. The summed E-state index contributed by atoms with van der Waals surface area (Å²) in [7, 11) is 1.27. The lowest BCUT2D eigenvalue weighted by molar-refractivity contribution is -0.320. The fourth-order valence-corrected chi connectivity index (χ4v) is 11.0. The van der Waals surface area contributed by atoms with Crippen molar-refractivity contribution >= 4 is 74.1 Å². The summed E-state index contributed by atoms with van der Waals surface area (Å²) in [6, 6.07) is 32.7. The molecule has 2 radical (unpaired) electrons. The van der Waals surface area contributed by atoms with Gasteiger partial charge in [0.1, 0.15) is 0 Å². The van der Waals surface area contributed by atoms with Crippen LogP contribution in [0.15, 0.2) is 144 Å². The molecule has 11 rings (SSSR count).